The number of phenolic OH excluding ortho intramolecular Hbond substituents is 1. The van der Waals surface area contributed by atoms with Crippen LogP contribution in [0.5, 0.6) is 5.75 Å². The van der Waals surface area contributed by atoms with Gasteiger partial charge in [0.1, 0.15) is 5.75 Å². The van der Waals surface area contributed by atoms with Crippen LogP contribution < -0.4 is 5.32 Å². The third-order valence-electron chi connectivity index (χ3n) is 3.55. The van der Waals surface area contributed by atoms with Crippen LogP contribution in [0.25, 0.3) is 10.9 Å². The van der Waals surface area contributed by atoms with Crippen molar-refractivity contribution in [1.29, 1.82) is 0 Å². The van der Waals surface area contributed by atoms with Crippen LogP contribution in [-0.2, 0) is 0 Å². The lowest BCUT2D eigenvalue weighted by atomic mass is 10.1. The second-order valence-corrected chi connectivity index (χ2v) is 4.88. The number of nitrogens with one attached hydrogen (secondary N) is 1. The number of nitrogens with zero attached hydrogens (tertiary/aromatic N) is 2. The van der Waals surface area contributed by atoms with Crippen molar-refractivity contribution < 1.29 is 5.11 Å². The van der Waals surface area contributed by atoms with Gasteiger partial charge in [-0.1, -0.05) is 19.9 Å². The highest BCUT2D eigenvalue weighted by molar-refractivity contribution is 5.91. The molecule has 0 fully saturated rings. The Morgan fingerprint density at radius 1 is 1.25 bits per heavy atom. The molecule has 0 radical (unpaired) electrons. The first-order chi connectivity index (χ1) is 9.74. The first-order valence-electron chi connectivity index (χ1n) is 7.28. The van der Waals surface area contributed by atoms with Crippen LogP contribution in [0.1, 0.15) is 20.3 Å². The lowest BCUT2D eigenvalue weighted by Crippen LogP contribution is -2.25. The first-order valence-corrected chi connectivity index (χ1v) is 7.28. The van der Waals surface area contributed by atoms with Gasteiger partial charge in [0, 0.05) is 24.2 Å². The van der Waals surface area contributed by atoms with Crippen molar-refractivity contribution in [2.24, 2.45) is 0 Å². The monoisotopic (exact) mass is 273 g/mol. The van der Waals surface area contributed by atoms with E-state index in [1.807, 2.05) is 12.1 Å². The predicted octanol–water partition coefficient (Wildman–Crippen LogP) is 3.08. The Labute approximate surface area is 120 Å². The Hall–Kier alpha value is -1.81. The summed E-state index contributed by atoms with van der Waals surface area (Å²) >= 11 is 0. The smallest absolute Gasteiger partial charge is 0.118 e. The molecule has 0 amide bonds. The van der Waals surface area contributed by atoms with Gasteiger partial charge < -0.3 is 15.3 Å². The molecule has 108 valence electrons. The molecule has 4 heteroatoms. The van der Waals surface area contributed by atoms with Crippen molar-refractivity contribution in [2.75, 3.05) is 31.5 Å². The molecule has 2 N–H and O–H groups in total. The molecule has 0 aliphatic heterocycles. The summed E-state index contributed by atoms with van der Waals surface area (Å²) < 4.78 is 0. The molecule has 0 saturated heterocycles. The van der Waals surface area contributed by atoms with E-state index in [9.17, 15) is 5.11 Å². The first kappa shape index (κ1) is 14.6. The average molecular weight is 273 g/mol. The molecule has 0 unspecified atom stereocenters. The molecule has 1 aromatic carbocycles. The second-order valence-electron chi connectivity index (χ2n) is 4.88. The minimum atomic E-state index is 0.275. The molecule has 2 rings (SSSR count). The van der Waals surface area contributed by atoms with Gasteiger partial charge in [-0.15, -0.1) is 0 Å². The second kappa shape index (κ2) is 7.10. The van der Waals surface area contributed by atoms with Gasteiger partial charge in [-0.05, 0) is 38.2 Å². The molecule has 1 heterocycles. The van der Waals surface area contributed by atoms with E-state index >= 15 is 0 Å². The van der Waals surface area contributed by atoms with Gasteiger partial charge in [-0.3, -0.25) is 4.98 Å². The van der Waals surface area contributed by atoms with Crippen LogP contribution in [-0.4, -0.2) is 41.2 Å². The lowest BCUT2D eigenvalue weighted by molar-refractivity contribution is 0.303. The van der Waals surface area contributed by atoms with Crippen molar-refractivity contribution in [3.8, 4) is 5.75 Å². The molecule has 0 aliphatic carbocycles. The summed E-state index contributed by atoms with van der Waals surface area (Å²) in [4.78, 5) is 6.79. The van der Waals surface area contributed by atoms with Gasteiger partial charge >= 0.3 is 0 Å². The minimum Gasteiger partial charge on any atom is -0.508 e. The van der Waals surface area contributed by atoms with Crippen LogP contribution >= 0.6 is 0 Å². The number of aromatic nitrogens is 1. The molecule has 0 saturated carbocycles. The lowest BCUT2D eigenvalue weighted by Gasteiger charge is -2.18. The Balaban J connectivity index is 1.99. The number of rotatable bonds is 7. The predicted molar refractivity (Wildman–Crippen MR) is 84.3 cm³/mol. The van der Waals surface area contributed by atoms with E-state index < -0.39 is 0 Å². The Morgan fingerprint density at radius 3 is 2.80 bits per heavy atom. The van der Waals surface area contributed by atoms with Crippen LogP contribution in [0.4, 0.5) is 5.69 Å². The third kappa shape index (κ3) is 3.61. The van der Waals surface area contributed by atoms with Crippen LogP contribution in [0, 0.1) is 0 Å². The number of aromatic hydroxyl groups is 1. The number of phenols is 1. The highest BCUT2D eigenvalue weighted by Crippen LogP contribution is 2.26. The number of benzene rings is 1. The van der Waals surface area contributed by atoms with Crippen molar-refractivity contribution in [1.82, 2.24) is 9.88 Å². The van der Waals surface area contributed by atoms with Gasteiger partial charge in [0.05, 0.1) is 11.2 Å². The molecular formula is C16H23N3O. The molecule has 2 aromatic rings. The molecule has 4 nitrogen and oxygen atoms in total. The van der Waals surface area contributed by atoms with E-state index in [2.05, 4.69) is 29.0 Å². The van der Waals surface area contributed by atoms with Gasteiger partial charge in [-0.2, -0.15) is 0 Å². The van der Waals surface area contributed by atoms with Crippen LogP contribution in [0.3, 0.4) is 0 Å². The van der Waals surface area contributed by atoms with Crippen molar-refractivity contribution >= 4 is 16.6 Å². The van der Waals surface area contributed by atoms with Gasteiger partial charge in [-0.25, -0.2) is 0 Å². The average Bonchev–Trinajstić information content (AvgIpc) is 2.47. The fourth-order valence-corrected chi connectivity index (χ4v) is 2.38. The highest BCUT2D eigenvalue weighted by Gasteiger charge is 2.04. The highest BCUT2D eigenvalue weighted by atomic mass is 16.3. The molecule has 0 spiro atoms. The summed E-state index contributed by atoms with van der Waals surface area (Å²) in [6.45, 7) is 8.52. The Morgan fingerprint density at radius 2 is 2.05 bits per heavy atom. The quantitative estimate of drug-likeness (QED) is 0.761. The van der Waals surface area contributed by atoms with Gasteiger partial charge in [0.2, 0.25) is 0 Å². The molecule has 1 aromatic heterocycles. The number of pyridine rings is 1. The number of hydrogen-bond donors (Lipinski definition) is 2. The number of anilines is 1. The maximum absolute atomic E-state index is 9.76. The van der Waals surface area contributed by atoms with E-state index in [0.717, 1.165) is 49.2 Å². The molecular weight excluding hydrogens is 250 g/mol. The van der Waals surface area contributed by atoms with Crippen molar-refractivity contribution in [3.05, 3.63) is 30.5 Å². The summed E-state index contributed by atoms with van der Waals surface area (Å²) in [6, 6.07) is 7.32. The zero-order valence-corrected chi connectivity index (χ0v) is 12.3. The van der Waals surface area contributed by atoms with E-state index in [1.165, 1.54) is 0 Å². The zero-order chi connectivity index (χ0) is 14.4. The van der Waals surface area contributed by atoms with Gasteiger partial charge in [0.25, 0.3) is 0 Å². The maximum atomic E-state index is 9.76. The largest absolute Gasteiger partial charge is 0.508 e. The summed E-state index contributed by atoms with van der Waals surface area (Å²) in [5.41, 5.74) is 1.81. The topological polar surface area (TPSA) is 48.4 Å². The normalized spacial score (nSPS) is 11.2. The van der Waals surface area contributed by atoms with Crippen LogP contribution in [0.2, 0.25) is 0 Å². The maximum Gasteiger partial charge on any atom is 0.118 e. The van der Waals surface area contributed by atoms with E-state index in [4.69, 9.17) is 0 Å². The standard InChI is InChI=1S/C16H23N3O/c1-3-19(4-2)10-6-9-17-15-12-14(20)11-13-7-5-8-18-16(13)15/h5,7-8,11-12,17,20H,3-4,6,9-10H2,1-2H3. The minimum absolute atomic E-state index is 0.275. The summed E-state index contributed by atoms with van der Waals surface area (Å²) in [5, 5.41) is 14.1. The van der Waals surface area contributed by atoms with Gasteiger partial charge in [0.15, 0.2) is 0 Å². The Bertz CT molecular complexity index is 552. The molecule has 0 atom stereocenters. The number of fused-ring (bicyclic) bond motifs is 1. The van der Waals surface area contributed by atoms with E-state index in [-0.39, 0.29) is 5.75 Å². The van der Waals surface area contributed by atoms with Crippen molar-refractivity contribution in [3.63, 3.8) is 0 Å². The molecule has 20 heavy (non-hydrogen) atoms. The Kier molecular flexibility index (Phi) is 5.18. The molecule has 0 bridgehead atoms. The fourth-order valence-electron chi connectivity index (χ4n) is 2.38. The molecule has 0 aliphatic rings. The van der Waals surface area contributed by atoms with Crippen LogP contribution in [0.15, 0.2) is 30.5 Å². The van der Waals surface area contributed by atoms with E-state index in [1.54, 1.807) is 18.3 Å². The SMILES string of the molecule is CCN(CC)CCCNc1cc(O)cc2cccnc12. The van der Waals surface area contributed by atoms with E-state index in [0.29, 0.717) is 0 Å². The number of hydrogen-bond acceptors (Lipinski definition) is 4. The summed E-state index contributed by atoms with van der Waals surface area (Å²) in [5.74, 6) is 0.275. The fraction of sp³-hybridized carbons (Fsp3) is 0.438. The van der Waals surface area contributed by atoms with Crippen molar-refractivity contribution in [2.45, 2.75) is 20.3 Å². The third-order valence-corrected chi connectivity index (χ3v) is 3.55. The zero-order valence-electron chi connectivity index (χ0n) is 12.3. The summed E-state index contributed by atoms with van der Waals surface area (Å²) in [7, 11) is 0. The summed E-state index contributed by atoms with van der Waals surface area (Å²) in [6.07, 6.45) is 2.85.